The zero-order valence-corrected chi connectivity index (χ0v) is 17.4. The van der Waals surface area contributed by atoms with Crippen LogP contribution in [-0.2, 0) is 4.79 Å². The number of fused-ring (bicyclic) bond motifs is 2. The first-order valence-corrected chi connectivity index (χ1v) is 10.1. The van der Waals surface area contributed by atoms with E-state index < -0.39 is 6.10 Å². The van der Waals surface area contributed by atoms with Crippen LogP contribution in [0.2, 0.25) is 0 Å². The quantitative estimate of drug-likeness (QED) is 0.656. The number of carbonyl (C=O) groups is 1. The van der Waals surface area contributed by atoms with E-state index in [2.05, 4.69) is 11.4 Å². The summed E-state index contributed by atoms with van der Waals surface area (Å²) < 4.78 is 12.2. The van der Waals surface area contributed by atoms with Gasteiger partial charge in [-0.15, -0.1) is 0 Å². The van der Waals surface area contributed by atoms with Gasteiger partial charge in [0.05, 0.1) is 6.04 Å². The summed E-state index contributed by atoms with van der Waals surface area (Å²) in [6, 6.07) is 19.9. The van der Waals surface area contributed by atoms with E-state index >= 15 is 0 Å². The molecule has 1 aliphatic heterocycles. The number of aryl methyl sites for hydroxylation is 1. The Balaban J connectivity index is 1.54. The SMILES string of the molecule is Cc1ccc2c(c1)C(NC(=O)C(C)Oc1cccc3ccccc13)CC(C)(C)O2. The fraction of sp³-hybridized carbons (Fsp3) is 0.320. The molecule has 0 spiro atoms. The van der Waals surface area contributed by atoms with E-state index in [1.54, 1.807) is 6.92 Å². The van der Waals surface area contributed by atoms with Gasteiger partial charge in [0.15, 0.2) is 6.10 Å². The van der Waals surface area contributed by atoms with E-state index in [1.165, 1.54) is 0 Å². The molecule has 150 valence electrons. The van der Waals surface area contributed by atoms with Gasteiger partial charge in [-0.2, -0.15) is 0 Å². The van der Waals surface area contributed by atoms with Gasteiger partial charge in [0.2, 0.25) is 0 Å². The van der Waals surface area contributed by atoms with Crippen LogP contribution in [0.3, 0.4) is 0 Å². The number of amides is 1. The lowest BCUT2D eigenvalue weighted by Crippen LogP contribution is -2.44. The normalized spacial score (nSPS) is 18.4. The molecule has 0 radical (unpaired) electrons. The second-order valence-corrected chi connectivity index (χ2v) is 8.41. The fourth-order valence-corrected chi connectivity index (χ4v) is 3.93. The van der Waals surface area contributed by atoms with E-state index in [9.17, 15) is 4.79 Å². The highest BCUT2D eigenvalue weighted by molar-refractivity contribution is 5.89. The summed E-state index contributed by atoms with van der Waals surface area (Å²) in [6.07, 6.45) is 0.0935. The molecule has 2 unspecified atom stereocenters. The number of carbonyl (C=O) groups excluding carboxylic acids is 1. The Kier molecular flexibility index (Phi) is 4.95. The maximum absolute atomic E-state index is 13.0. The zero-order chi connectivity index (χ0) is 20.6. The second-order valence-electron chi connectivity index (χ2n) is 8.41. The third-order valence-electron chi connectivity index (χ3n) is 5.36. The molecule has 2 atom stereocenters. The van der Waals surface area contributed by atoms with Gasteiger partial charge < -0.3 is 14.8 Å². The Labute approximate surface area is 171 Å². The van der Waals surface area contributed by atoms with Crippen molar-refractivity contribution < 1.29 is 14.3 Å². The van der Waals surface area contributed by atoms with Gasteiger partial charge in [-0.25, -0.2) is 0 Å². The first-order chi connectivity index (χ1) is 13.8. The fourth-order valence-electron chi connectivity index (χ4n) is 3.93. The van der Waals surface area contributed by atoms with Crippen molar-refractivity contribution in [1.29, 1.82) is 0 Å². The second kappa shape index (κ2) is 7.43. The van der Waals surface area contributed by atoms with Crippen molar-refractivity contribution in [3.8, 4) is 11.5 Å². The third kappa shape index (κ3) is 4.07. The highest BCUT2D eigenvalue weighted by atomic mass is 16.5. The van der Waals surface area contributed by atoms with Crippen molar-refractivity contribution in [3.63, 3.8) is 0 Å². The Morgan fingerprint density at radius 2 is 1.90 bits per heavy atom. The number of ether oxygens (including phenoxy) is 2. The Morgan fingerprint density at radius 3 is 2.72 bits per heavy atom. The molecule has 0 aromatic heterocycles. The Bertz CT molecular complexity index is 1050. The largest absolute Gasteiger partial charge is 0.487 e. The number of hydrogen-bond donors (Lipinski definition) is 1. The first kappa shape index (κ1) is 19.3. The predicted octanol–water partition coefficient (Wildman–Crippen LogP) is 5.33. The van der Waals surface area contributed by atoms with Gasteiger partial charge >= 0.3 is 0 Å². The molecule has 0 aliphatic carbocycles. The van der Waals surface area contributed by atoms with Gasteiger partial charge in [0, 0.05) is 17.4 Å². The van der Waals surface area contributed by atoms with Crippen LogP contribution in [0, 0.1) is 6.92 Å². The van der Waals surface area contributed by atoms with E-state index in [-0.39, 0.29) is 17.6 Å². The molecule has 3 aromatic rings. The molecular weight excluding hydrogens is 362 g/mol. The topological polar surface area (TPSA) is 47.6 Å². The summed E-state index contributed by atoms with van der Waals surface area (Å²) in [5, 5.41) is 5.28. The molecule has 0 bridgehead atoms. The molecule has 4 heteroatoms. The summed E-state index contributed by atoms with van der Waals surface area (Å²) in [5.41, 5.74) is 1.82. The molecule has 1 N–H and O–H groups in total. The van der Waals surface area contributed by atoms with Gasteiger partial charge in [-0.05, 0) is 45.2 Å². The summed E-state index contributed by atoms with van der Waals surface area (Å²) in [7, 11) is 0. The molecule has 4 rings (SSSR count). The molecule has 0 saturated carbocycles. The maximum Gasteiger partial charge on any atom is 0.261 e. The van der Waals surface area contributed by atoms with Crippen molar-refractivity contribution in [2.75, 3.05) is 0 Å². The minimum atomic E-state index is -0.611. The summed E-state index contributed by atoms with van der Waals surface area (Å²) >= 11 is 0. The van der Waals surface area contributed by atoms with Crippen LogP contribution in [0.5, 0.6) is 11.5 Å². The van der Waals surface area contributed by atoms with Gasteiger partial charge in [0.25, 0.3) is 5.91 Å². The van der Waals surface area contributed by atoms with Crippen LogP contribution in [0.25, 0.3) is 10.8 Å². The first-order valence-electron chi connectivity index (χ1n) is 10.1. The summed E-state index contributed by atoms with van der Waals surface area (Å²) in [6.45, 7) is 7.93. The molecular formula is C25H27NO3. The minimum absolute atomic E-state index is 0.111. The van der Waals surface area contributed by atoms with Crippen molar-refractivity contribution in [1.82, 2.24) is 5.32 Å². The molecule has 1 heterocycles. The van der Waals surface area contributed by atoms with Crippen molar-refractivity contribution in [2.24, 2.45) is 0 Å². The number of nitrogens with one attached hydrogen (secondary N) is 1. The maximum atomic E-state index is 13.0. The zero-order valence-electron chi connectivity index (χ0n) is 17.4. The molecule has 3 aromatic carbocycles. The number of benzene rings is 3. The minimum Gasteiger partial charge on any atom is -0.487 e. The molecule has 1 aliphatic rings. The van der Waals surface area contributed by atoms with Crippen LogP contribution in [-0.4, -0.2) is 17.6 Å². The Hall–Kier alpha value is -3.01. The number of hydrogen-bond acceptors (Lipinski definition) is 3. The van der Waals surface area contributed by atoms with Crippen LogP contribution in [0.1, 0.15) is 44.4 Å². The smallest absolute Gasteiger partial charge is 0.261 e. The lowest BCUT2D eigenvalue weighted by molar-refractivity contribution is -0.128. The predicted molar refractivity (Wildman–Crippen MR) is 115 cm³/mol. The van der Waals surface area contributed by atoms with Crippen molar-refractivity contribution in [2.45, 2.75) is 51.9 Å². The van der Waals surface area contributed by atoms with Crippen LogP contribution in [0.15, 0.2) is 60.7 Å². The molecule has 0 saturated heterocycles. The van der Waals surface area contributed by atoms with E-state index in [0.717, 1.165) is 27.6 Å². The lowest BCUT2D eigenvalue weighted by Gasteiger charge is -2.38. The van der Waals surface area contributed by atoms with Gasteiger partial charge in [0.1, 0.15) is 17.1 Å². The van der Waals surface area contributed by atoms with Crippen molar-refractivity contribution in [3.05, 3.63) is 71.8 Å². The summed E-state index contributed by atoms with van der Waals surface area (Å²) in [5.74, 6) is 1.42. The highest BCUT2D eigenvalue weighted by Gasteiger charge is 2.35. The average molecular weight is 389 g/mol. The van der Waals surface area contributed by atoms with Gasteiger partial charge in [-0.1, -0.05) is 54.1 Å². The molecule has 1 amide bonds. The van der Waals surface area contributed by atoms with Crippen LogP contribution >= 0.6 is 0 Å². The molecule has 29 heavy (non-hydrogen) atoms. The van der Waals surface area contributed by atoms with E-state index in [4.69, 9.17) is 9.47 Å². The Morgan fingerprint density at radius 1 is 1.14 bits per heavy atom. The van der Waals surface area contributed by atoms with Crippen LogP contribution in [0.4, 0.5) is 0 Å². The lowest BCUT2D eigenvalue weighted by atomic mass is 9.89. The highest BCUT2D eigenvalue weighted by Crippen LogP contribution is 2.40. The van der Waals surface area contributed by atoms with Crippen LogP contribution < -0.4 is 14.8 Å². The third-order valence-corrected chi connectivity index (χ3v) is 5.36. The van der Waals surface area contributed by atoms with E-state index in [0.29, 0.717) is 12.2 Å². The van der Waals surface area contributed by atoms with Crippen molar-refractivity contribution >= 4 is 16.7 Å². The summed E-state index contributed by atoms with van der Waals surface area (Å²) in [4.78, 5) is 13.0. The number of rotatable bonds is 4. The molecule has 4 nitrogen and oxygen atoms in total. The standard InChI is InChI=1S/C25H27NO3/c1-16-12-13-23-20(14-16)21(15-25(3,4)29-23)26-24(27)17(2)28-22-11-7-9-18-8-5-6-10-19(18)22/h5-14,17,21H,15H2,1-4H3,(H,26,27). The monoisotopic (exact) mass is 389 g/mol. The molecule has 0 fully saturated rings. The van der Waals surface area contributed by atoms with E-state index in [1.807, 2.05) is 75.4 Å². The average Bonchev–Trinajstić information content (AvgIpc) is 2.68. The van der Waals surface area contributed by atoms with Gasteiger partial charge in [-0.3, -0.25) is 4.79 Å².